The van der Waals surface area contributed by atoms with Gasteiger partial charge in [-0.1, -0.05) is 15.9 Å². The minimum absolute atomic E-state index is 0.148. The van der Waals surface area contributed by atoms with Crippen molar-refractivity contribution < 1.29 is 9.21 Å². The number of halogens is 1. The third kappa shape index (κ3) is 3.42. The van der Waals surface area contributed by atoms with E-state index < -0.39 is 0 Å². The highest BCUT2D eigenvalue weighted by atomic mass is 79.9. The van der Waals surface area contributed by atoms with Gasteiger partial charge in [-0.05, 0) is 31.2 Å². The normalized spacial score (nSPS) is 10.2. The van der Waals surface area contributed by atoms with E-state index in [0.29, 0.717) is 11.6 Å². The number of furan rings is 1. The molecule has 5 heteroatoms. The molecule has 0 radical (unpaired) electrons. The average Bonchev–Trinajstić information content (AvgIpc) is 2.63. The predicted octanol–water partition coefficient (Wildman–Crippen LogP) is 2.93. The third-order valence-corrected chi connectivity index (χ3v) is 2.61. The number of nitrogens with one attached hydrogen (secondary N) is 1. The second kappa shape index (κ2) is 5.14. The highest BCUT2D eigenvalue weighted by Crippen LogP contribution is 2.13. The maximum absolute atomic E-state index is 11.7. The zero-order valence-corrected chi connectivity index (χ0v) is 10.8. The summed E-state index contributed by atoms with van der Waals surface area (Å²) in [6.07, 6.45) is 1.83. The van der Waals surface area contributed by atoms with Gasteiger partial charge in [0.15, 0.2) is 0 Å². The van der Waals surface area contributed by atoms with Gasteiger partial charge in [-0.25, -0.2) is 4.98 Å². The molecule has 0 aliphatic rings. The van der Waals surface area contributed by atoms with Gasteiger partial charge in [0.2, 0.25) is 5.91 Å². The SMILES string of the molecule is Cc1ccc(CC(=O)Nc2cc(Br)ccn2)o1. The summed E-state index contributed by atoms with van der Waals surface area (Å²) < 4.78 is 6.20. The fourth-order valence-corrected chi connectivity index (χ4v) is 1.73. The van der Waals surface area contributed by atoms with Crippen LogP contribution in [0.15, 0.2) is 39.4 Å². The number of anilines is 1. The fourth-order valence-electron chi connectivity index (χ4n) is 1.40. The van der Waals surface area contributed by atoms with Crippen LogP contribution in [0.1, 0.15) is 11.5 Å². The summed E-state index contributed by atoms with van der Waals surface area (Å²) in [5.41, 5.74) is 0. The van der Waals surface area contributed by atoms with Crippen LogP contribution in [0.25, 0.3) is 0 Å². The number of aromatic nitrogens is 1. The molecule has 2 heterocycles. The van der Waals surface area contributed by atoms with Gasteiger partial charge in [-0.2, -0.15) is 0 Å². The first-order valence-electron chi connectivity index (χ1n) is 5.10. The molecule has 0 saturated carbocycles. The Morgan fingerprint density at radius 1 is 1.47 bits per heavy atom. The molecular formula is C12H11BrN2O2. The van der Waals surface area contributed by atoms with Crippen molar-refractivity contribution in [3.8, 4) is 0 Å². The maximum atomic E-state index is 11.7. The van der Waals surface area contributed by atoms with Crippen molar-refractivity contribution in [2.75, 3.05) is 5.32 Å². The first kappa shape index (κ1) is 11.9. The van der Waals surface area contributed by atoms with E-state index in [2.05, 4.69) is 26.2 Å². The van der Waals surface area contributed by atoms with E-state index in [1.54, 1.807) is 24.4 Å². The van der Waals surface area contributed by atoms with Crippen LogP contribution in [-0.2, 0) is 11.2 Å². The number of aryl methyl sites for hydroxylation is 1. The average molecular weight is 295 g/mol. The van der Waals surface area contributed by atoms with Crippen molar-refractivity contribution in [3.05, 3.63) is 46.5 Å². The summed E-state index contributed by atoms with van der Waals surface area (Å²) in [5, 5.41) is 2.70. The molecule has 0 fully saturated rings. The molecule has 2 rings (SSSR count). The summed E-state index contributed by atoms with van der Waals surface area (Å²) in [7, 11) is 0. The number of nitrogens with zero attached hydrogens (tertiary/aromatic N) is 1. The molecule has 1 N–H and O–H groups in total. The summed E-state index contributed by atoms with van der Waals surface area (Å²) in [6.45, 7) is 1.84. The van der Waals surface area contributed by atoms with Gasteiger partial charge in [-0.3, -0.25) is 4.79 Å². The van der Waals surface area contributed by atoms with Crippen LogP contribution in [0.2, 0.25) is 0 Å². The molecular weight excluding hydrogens is 284 g/mol. The molecule has 0 aromatic carbocycles. The van der Waals surface area contributed by atoms with Crippen molar-refractivity contribution in [3.63, 3.8) is 0 Å². The van der Waals surface area contributed by atoms with Gasteiger partial charge in [-0.15, -0.1) is 0 Å². The molecule has 0 saturated heterocycles. The van der Waals surface area contributed by atoms with Crippen LogP contribution >= 0.6 is 15.9 Å². The molecule has 4 nitrogen and oxygen atoms in total. The summed E-state index contributed by atoms with van der Waals surface area (Å²) in [5.74, 6) is 1.82. The summed E-state index contributed by atoms with van der Waals surface area (Å²) in [4.78, 5) is 15.7. The van der Waals surface area contributed by atoms with E-state index in [9.17, 15) is 4.79 Å². The number of pyridine rings is 1. The van der Waals surface area contributed by atoms with Gasteiger partial charge < -0.3 is 9.73 Å². The topological polar surface area (TPSA) is 55.1 Å². The molecule has 1 amide bonds. The van der Waals surface area contributed by atoms with Gasteiger partial charge in [0.05, 0.1) is 6.42 Å². The maximum Gasteiger partial charge on any atom is 0.233 e. The molecule has 0 aliphatic heterocycles. The first-order valence-corrected chi connectivity index (χ1v) is 5.89. The van der Waals surface area contributed by atoms with Crippen LogP contribution in [0.4, 0.5) is 5.82 Å². The number of hydrogen-bond acceptors (Lipinski definition) is 3. The Balaban J connectivity index is 1.98. The molecule has 0 unspecified atom stereocenters. The van der Waals surface area contributed by atoms with Crippen LogP contribution in [-0.4, -0.2) is 10.9 Å². The Morgan fingerprint density at radius 2 is 2.29 bits per heavy atom. The zero-order valence-electron chi connectivity index (χ0n) is 9.24. The molecule has 17 heavy (non-hydrogen) atoms. The number of amides is 1. The lowest BCUT2D eigenvalue weighted by atomic mass is 10.3. The smallest absolute Gasteiger partial charge is 0.233 e. The Kier molecular flexibility index (Phi) is 3.58. The van der Waals surface area contributed by atoms with Gasteiger partial charge in [0, 0.05) is 10.7 Å². The van der Waals surface area contributed by atoms with Crippen molar-refractivity contribution in [1.82, 2.24) is 4.98 Å². The molecule has 2 aromatic rings. The first-order chi connectivity index (χ1) is 8.13. The third-order valence-electron chi connectivity index (χ3n) is 2.12. The Labute approximate surface area is 107 Å². The van der Waals surface area contributed by atoms with Gasteiger partial charge >= 0.3 is 0 Å². The van der Waals surface area contributed by atoms with E-state index in [-0.39, 0.29) is 12.3 Å². The number of carbonyl (C=O) groups excluding carboxylic acids is 1. The molecule has 88 valence electrons. The van der Waals surface area contributed by atoms with Crippen molar-refractivity contribution in [2.45, 2.75) is 13.3 Å². The van der Waals surface area contributed by atoms with Crippen LogP contribution in [0, 0.1) is 6.92 Å². The van der Waals surface area contributed by atoms with E-state index in [1.165, 1.54) is 0 Å². The lowest BCUT2D eigenvalue weighted by Gasteiger charge is -2.03. The standard InChI is InChI=1S/C12H11BrN2O2/c1-8-2-3-10(17-8)7-12(16)15-11-6-9(13)4-5-14-11/h2-6H,7H2,1H3,(H,14,15,16). The minimum Gasteiger partial charge on any atom is -0.466 e. The second-order valence-electron chi connectivity index (χ2n) is 3.60. The number of rotatable bonds is 3. The molecule has 2 aromatic heterocycles. The predicted molar refractivity (Wildman–Crippen MR) is 67.7 cm³/mol. The molecule has 0 aliphatic carbocycles. The fraction of sp³-hybridized carbons (Fsp3) is 0.167. The highest BCUT2D eigenvalue weighted by molar-refractivity contribution is 9.10. The Morgan fingerprint density at radius 3 is 2.94 bits per heavy atom. The highest BCUT2D eigenvalue weighted by Gasteiger charge is 2.07. The molecule has 0 bridgehead atoms. The van der Waals surface area contributed by atoms with E-state index in [0.717, 1.165) is 10.2 Å². The monoisotopic (exact) mass is 294 g/mol. The summed E-state index contributed by atoms with van der Waals surface area (Å²) >= 11 is 3.31. The van der Waals surface area contributed by atoms with Crippen molar-refractivity contribution in [2.24, 2.45) is 0 Å². The molecule has 0 atom stereocenters. The summed E-state index contributed by atoms with van der Waals surface area (Å²) in [6, 6.07) is 7.17. The van der Waals surface area contributed by atoms with Crippen molar-refractivity contribution in [1.29, 1.82) is 0 Å². The van der Waals surface area contributed by atoms with E-state index in [1.807, 2.05) is 13.0 Å². The zero-order chi connectivity index (χ0) is 12.3. The second-order valence-corrected chi connectivity index (χ2v) is 4.51. The van der Waals surface area contributed by atoms with Gasteiger partial charge in [0.25, 0.3) is 0 Å². The van der Waals surface area contributed by atoms with Crippen LogP contribution in [0.3, 0.4) is 0 Å². The van der Waals surface area contributed by atoms with Crippen LogP contribution < -0.4 is 5.32 Å². The lowest BCUT2D eigenvalue weighted by molar-refractivity contribution is -0.115. The largest absolute Gasteiger partial charge is 0.466 e. The van der Waals surface area contributed by atoms with E-state index >= 15 is 0 Å². The van der Waals surface area contributed by atoms with Crippen molar-refractivity contribution >= 4 is 27.7 Å². The Bertz CT molecular complexity index is 537. The number of carbonyl (C=O) groups is 1. The number of hydrogen-bond donors (Lipinski definition) is 1. The van der Waals surface area contributed by atoms with E-state index in [4.69, 9.17) is 4.42 Å². The Hall–Kier alpha value is -1.62. The lowest BCUT2D eigenvalue weighted by Crippen LogP contribution is -2.14. The molecule has 0 spiro atoms. The minimum atomic E-state index is -0.148. The quantitative estimate of drug-likeness (QED) is 0.947. The van der Waals surface area contributed by atoms with Gasteiger partial charge in [0.1, 0.15) is 17.3 Å². The van der Waals surface area contributed by atoms with Crippen LogP contribution in [0.5, 0.6) is 0 Å².